The van der Waals surface area contributed by atoms with Crippen LogP contribution in [0.5, 0.6) is 0 Å². The molecule has 0 saturated heterocycles. The van der Waals surface area contributed by atoms with Gasteiger partial charge in [-0.3, -0.25) is 4.99 Å². The van der Waals surface area contributed by atoms with Crippen LogP contribution >= 0.6 is 11.3 Å². The highest BCUT2D eigenvalue weighted by atomic mass is 32.1. The molecule has 1 aromatic rings. The fraction of sp³-hybridized carbons (Fsp3) is 0.368. The Labute approximate surface area is 154 Å². The van der Waals surface area contributed by atoms with Crippen molar-refractivity contribution in [2.45, 2.75) is 26.8 Å². The van der Waals surface area contributed by atoms with Crippen molar-refractivity contribution in [1.29, 1.82) is 0 Å². The van der Waals surface area contributed by atoms with Crippen LogP contribution in [0, 0.1) is 0 Å². The Morgan fingerprint density at radius 2 is 2.12 bits per heavy atom. The van der Waals surface area contributed by atoms with Crippen molar-refractivity contribution in [2.24, 2.45) is 4.99 Å². The van der Waals surface area contributed by atoms with E-state index < -0.39 is 0 Å². The van der Waals surface area contributed by atoms with E-state index in [9.17, 15) is 0 Å². The molecule has 0 radical (unpaired) electrons. The van der Waals surface area contributed by atoms with Crippen LogP contribution in [-0.2, 0) is 9.47 Å². The van der Waals surface area contributed by atoms with Gasteiger partial charge in [0, 0.05) is 23.1 Å². The molecule has 1 N–H and O–H groups in total. The highest BCUT2D eigenvalue weighted by molar-refractivity contribution is 7.13. The molecule has 0 saturated carbocycles. The van der Waals surface area contributed by atoms with Crippen molar-refractivity contribution in [3.05, 3.63) is 59.6 Å². The topological polar surface area (TPSA) is 55.7 Å². The summed E-state index contributed by atoms with van der Waals surface area (Å²) in [7, 11) is 3.23. The first-order valence-electron chi connectivity index (χ1n) is 7.96. The van der Waals surface area contributed by atoms with Gasteiger partial charge in [0.15, 0.2) is 5.13 Å². The zero-order valence-corrected chi connectivity index (χ0v) is 16.4. The molecular formula is C19H27N3O2S. The van der Waals surface area contributed by atoms with Crippen molar-refractivity contribution in [3.63, 3.8) is 0 Å². The third-order valence-electron chi connectivity index (χ3n) is 3.19. The number of ether oxygens (including phenoxy) is 2. The number of methoxy groups -OCH3 is 2. The average molecular weight is 362 g/mol. The van der Waals surface area contributed by atoms with E-state index in [1.54, 1.807) is 31.6 Å². The highest BCUT2D eigenvalue weighted by Gasteiger charge is 2.10. The Bertz CT molecular complexity index is 685. The van der Waals surface area contributed by atoms with Crippen molar-refractivity contribution < 1.29 is 9.47 Å². The van der Waals surface area contributed by atoms with Crippen LogP contribution in [0.2, 0.25) is 0 Å². The van der Waals surface area contributed by atoms with Gasteiger partial charge in [0.05, 0.1) is 32.2 Å². The summed E-state index contributed by atoms with van der Waals surface area (Å²) in [6.45, 7) is 14.2. The van der Waals surface area contributed by atoms with Crippen LogP contribution in [0.15, 0.2) is 58.8 Å². The van der Waals surface area contributed by atoms with Gasteiger partial charge in [0.25, 0.3) is 0 Å². The second-order valence-electron chi connectivity index (χ2n) is 5.52. The molecule has 0 unspecified atom stereocenters. The monoisotopic (exact) mass is 361 g/mol. The van der Waals surface area contributed by atoms with Gasteiger partial charge in [-0.15, -0.1) is 11.3 Å². The number of aliphatic imine (C=N–C) groups is 1. The zero-order valence-electron chi connectivity index (χ0n) is 15.6. The lowest BCUT2D eigenvalue weighted by Gasteiger charge is -2.07. The Morgan fingerprint density at radius 3 is 2.68 bits per heavy atom. The first-order valence-corrected chi connectivity index (χ1v) is 8.84. The Kier molecular flexibility index (Phi) is 8.70. The molecule has 0 aliphatic rings. The number of anilines is 1. The smallest absolute Gasteiger partial charge is 0.183 e. The fourth-order valence-corrected chi connectivity index (χ4v) is 2.62. The van der Waals surface area contributed by atoms with Gasteiger partial charge in [-0.2, -0.15) is 0 Å². The van der Waals surface area contributed by atoms with Gasteiger partial charge in [0.1, 0.15) is 11.5 Å². The molecule has 0 fully saturated rings. The van der Waals surface area contributed by atoms with Gasteiger partial charge in [0.2, 0.25) is 0 Å². The quantitative estimate of drug-likeness (QED) is 0.377. The van der Waals surface area contributed by atoms with Crippen molar-refractivity contribution in [3.8, 4) is 0 Å². The zero-order chi connectivity index (χ0) is 18.8. The molecule has 0 aromatic carbocycles. The Morgan fingerprint density at radius 1 is 1.40 bits per heavy atom. The van der Waals surface area contributed by atoms with Gasteiger partial charge < -0.3 is 14.8 Å². The molecule has 0 spiro atoms. The maximum Gasteiger partial charge on any atom is 0.183 e. The van der Waals surface area contributed by atoms with E-state index in [1.165, 1.54) is 0 Å². The lowest BCUT2D eigenvalue weighted by Crippen LogP contribution is -2.10. The van der Waals surface area contributed by atoms with E-state index in [2.05, 4.69) is 42.3 Å². The van der Waals surface area contributed by atoms with Crippen LogP contribution in [0.1, 0.15) is 26.5 Å². The molecule has 0 amide bonds. The molecule has 25 heavy (non-hydrogen) atoms. The molecular weight excluding hydrogens is 334 g/mol. The van der Waals surface area contributed by atoms with Gasteiger partial charge in [-0.05, 0) is 26.8 Å². The minimum Gasteiger partial charge on any atom is -0.502 e. The average Bonchev–Trinajstić information content (AvgIpc) is 3.04. The fourth-order valence-electron chi connectivity index (χ4n) is 1.77. The van der Waals surface area contributed by atoms with Crippen molar-refractivity contribution in [1.82, 2.24) is 4.98 Å². The summed E-state index contributed by atoms with van der Waals surface area (Å²) in [5, 5.41) is 6.13. The molecule has 1 rings (SSSR count). The molecule has 1 aromatic heterocycles. The Balaban J connectivity index is 3.20. The summed E-state index contributed by atoms with van der Waals surface area (Å²) in [6.07, 6.45) is 5.38. The molecule has 136 valence electrons. The first-order chi connectivity index (χ1) is 11.9. The number of rotatable bonds is 10. The standard InChI is InChI=1S/C19H27N3O2S/c1-8-14(4)18(24-7)11-16(20-10-9-15(5)23-6)17-12-25-19(22-17)21-13(2)3/h8-9,11-13H,1,4,10H2,2-3,5-7H3,(H,21,22)/b15-9+,18-11+,20-16?. The van der Waals surface area contributed by atoms with E-state index in [0.717, 1.165) is 16.6 Å². The normalized spacial score (nSPS) is 13.0. The number of hydrogen-bond donors (Lipinski definition) is 1. The summed E-state index contributed by atoms with van der Waals surface area (Å²) in [5.41, 5.74) is 2.19. The maximum absolute atomic E-state index is 5.40. The number of nitrogens with one attached hydrogen (secondary N) is 1. The lowest BCUT2D eigenvalue weighted by atomic mass is 10.2. The predicted molar refractivity (Wildman–Crippen MR) is 107 cm³/mol. The summed E-state index contributed by atoms with van der Waals surface area (Å²) < 4.78 is 10.5. The largest absolute Gasteiger partial charge is 0.502 e. The third kappa shape index (κ3) is 6.97. The van der Waals surface area contributed by atoms with Crippen molar-refractivity contribution in [2.75, 3.05) is 26.1 Å². The van der Waals surface area contributed by atoms with Crippen LogP contribution in [0.4, 0.5) is 5.13 Å². The number of nitrogens with zero attached hydrogens (tertiary/aromatic N) is 2. The van der Waals surface area contributed by atoms with Crippen LogP contribution in [0.3, 0.4) is 0 Å². The number of thiazole rings is 1. The summed E-state index contributed by atoms with van der Waals surface area (Å²) >= 11 is 1.54. The first kappa shape index (κ1) is 20.7. The minimum absolute atomic E-state index is 0.317. The molecule has 6 heteroatoms. The molecule has 0 atom stereocenters. The second kappa shape index (κ2) is 10.5. The van der Waals surface area contributed by atoms with Crippen LogP contribution in [0.25, 0.3) is 0 Å². The highest BCUT2D eigenvalue weighted by Crippen LogP contribution is 2.19. The minimum atomic E-state index is 0.317. The van der Waals surface area contributed by atoms with Gasteiger partial charge in [-0.1, -0.05) is 19.2 Å². The summed E-state index contributed by atoms with van der Waals surface area (Å²) in [6, 6.07) is 0.317. The Hall–Kier alpha value is -2.34. The second-order valence-corrected chi connectivity index (χ2v) is 6.38. The number of allylic oxidation sites excluding steroid dienone is 3. The number of aromatic nitrogens is 1. The molecule has 5 nitrogen and oxygen atoms in total. The molecule has 0 bridgehead atoms. The summed E-state index contributed by atoms with van der Waals surface area (Å²) in [4.78, 5) is 9.23. The SMILES string of the molecule is C=CC(=C)/C(=C\C(=NC/C=C(\C)OC)c1csc(NC(C)C)n1)OC. The molecule has 0 aliphatic carbocycles. The molecule has 0 aliphatic heterocycles. The van der Waals surface area contributed by atoms with Crippen LogP contribution in [-0.4, -0.2) is 37.5 Å². The van der Waals surface area contributed by atoms with E-state index in [0.29, 0.717) is 29.6 Å². The maximum atomic E-state index is 5.40. The van der Waals surface area contributed by atoms with Crippen LogP contribution < -0.4 is 5.32 Å². The van der Waals surface area contributed by atoms with Crippen molar-refractivity contribution >= 4 is 22.2 Å². The molecule has 1 heterocycles. The van der Waals surface area contributed by atoms with Gasteiger partial charge >= 0.3 is 0 Å². The number of hydrogen-bond acceptors (Lipinski definition) is 6. The van der Waals surface area contributed by atoms with E-state index in [1.807, 2.05) is 24.5 Å². The summed E-state index contributed by atoms with van der Waals surface area (Å²) in [5.74, 6) is 1.42. The van der Waals surface area contributed by atoms with E-state index in [4.69, 9.17) is 9.47 Å². The van der Waals surface area contributed by atoms with E-state index in [-0.39, 0.29) is 0 Å². The third-order valence-corrected chi connectivity index (χ3v) is 3.97. The predicted octanol–water partition coefficient (Wildman–Crippen LogP) is 4.58. The lowest BCUT2D eigenvalue weighted by molar-refractivity contribution is 0.292. The van der Waals surface area contributed by atoms with E-state index >= 15 is 0 Å². The van der Waals surface area contributed by atoms with Gasteiger partial charge in [-0.25, -0.2) is 4.98 Å².